The maximum absolute atomic E-state index is 8.01. The van der Waals surface area contributed by atoms with Crippen LogP contribution in [0.15, 0.2) is 132 Å². The van der Waals surface area contributed by atoms with E-state index in [1.165, 1.54) is 16.0 Å². The summed E-state index contributed by atoms with van der Waals surface area (Å²) in [6.07, 6.45) is 2.00. The van der Waals surface area contributed by atoms with Gasteiger partial charge >= 0.3 is 0 Å². The molecule has 0 saturated heterocycles. The van der Waals surface area contributed by atoms with Gasteiger partial charge in [0.25, 0.3) is 0 Å². The predicted octanol–water partition coefficient (Wildman–Crippen LogP) is 11.5. The van der Waals surface area contributed by atoms with E-state index >= 15 is 0 Å². The van der Waals surface area contributed by atoms with Crippen molar-refractivity contribution in [1.29, 1.82) is 0 Å². The minimum atomic E-state index is -1.29. The van der Waals surface area contributed by atoms with Gasteiger partial charge in [-0.1, -0.05) is 111 Å². The van der Waals surface area contributed by atoms with Crippen LogP contribution in [0.5, 0.6) is 0 Å². The Kier molecular flexibility index (Phi) is 9.65. The Hall–Kier alpha value is -5.20. The molecule has 5 aromatic carbocycles. The molecule has 0 bridgehead atoms. The zero-order chi connectivity index (χ0) is 36.9. The van der Waals surface area contributed by atoms with Crippen LogP contribution in [-0.2, 0) is 20.1 Å². The molecule has 0 N–H and O–H groups in total. The first-order valence-corrected chi connectivity index (χ1v) is 21.1. The second-order valence-electron chi connectivity index (χ2n) is 14.4. The van der Waals surface area contributed by atoms with Crippen molar-refractivity contribution in [2.75, 3.05) is 0 Å². The summed E-state index contributed by atoms with van der Waals surface area (Å²) in [5.41, 5.74) is 9.09. The fourth-order valence-electron chi connectivity index (χ4n) is 6.61. The summed E-state index contributed by atoms with van der Waals surface area (Å²) in [4.78, 5) is 14.2. The van der Waals surface area contributed by atoms with E-state index in [1.807, 2.05) is 81.6 Å². The molecule has 0 atom stereocenters. The van der Waals surface area contributed by atoms with Gasteiger partial charge in [-0.05, 0) is 53.5 Å². The maximum atomic E-state index is 8.01. The fraction of sp³-hybridized carbons (Fsp3) is 0.152. The second-order valence-corrected chi connectivity index (χ2v) is 19.5. The number of hydrogen-bond donors (Lipinski definition) is 0. The van der Waals surface area contributed by atoms with Crippen LogP contribution in [0.3, 0.4) is 0 Å². The summed E-state index contributed by atoms with van der Waals surface area (Å²) in [6.45, 7) is 12.7. The zero-order valence-electron chi connectivity index (χ0n) is 31.7. The van der Waals surface area contributed by atoms with Gasteiger partial charge in [0.1, 0.15) is 0 Å². The van der Waals surface area contributed by atoms with E-state index in [2.05, 4.69) is 113 Å². The number of hydrogen-bond acceptors (Lipinski definition) is 4. The molecule has 4 heterocycles. The van der Waals surface area contributed by atoms with E-state index in [0.717, 1.165) is 67.0 Å². The molecule has 0 amide bonds. The summed E-state index contributed by atoms with van der Waals surface area (Å²) in [6, 6.07) is 47.9. The number of fused-ring (bicyclic) bond motifs is 5. The molecule has 0 unspecified atom stereocenters. The van der Waals surface area contributed by atoms with Crippen LogP contribution < -0.4 is 5.19 Å². The number of pyridine rings is 2. The van der Waals surface area contributed by atoms with Crippen molar-refractivity contribution in [2.45, 2.75) is 46.3 Å². The van der Waals surface area contributed by atoms with Crippen molar-refractivity contribution >= 4 is 57.1 Å². The van der Waals surface area contributed by atoms with Crippen LogP contribution >= 0.6 is 0 Å². The summed E-state index contributed by atoms with van der Waals surface area (Å²) >= 11 is 0. The number of aromatic nitrogens is 4. The number of imidazole rings is 1. The van der Waals surface area contributed by atoms with Crippen molar-refractivity contribution in [3.05, 3.63) is 151 Å². The fourth-order valence-corrected chi connectivity index (χ4v) is 7.65. The van der Waals surface area contributed by atoms with Crippen LogP contribution in [0.25, 0.3) is 72.2 Å². The standard InChI is InChI=1S/C29H18N3O.C17H22NSi.Ir/c1-18-16-17-22-21-11-7-12-23(27(21)33-29(22)30-18)28-31-24-13-4-5-14-26(24)32(28)25-15-6-9-19-8-2-3-10-20(19)25;1-13(2)14-6-8-15(9-7-14)17-11-10-16(12-18-17)19(3,4)5;/h2-11,13-17H,1H3;6-8,10-13H,1-5H3;/q2*-1;/i;13D;. The summed E-state index contributed by atoms with van der Waals surface area (Å²) in [5, 5.41) is 5.73. The van der Waals surface area contributed by atoms with E-state index in [1.54, 1.807) is 0 Å². The monoisotopic (exact) mass is 886 g/mol. The first kappa shape index (κ1) is 34.9. The Bertz CT molecular complexity index is 2700. The smallest absolute Gasteiger partial charge is 0.216 e. The Labute approximate surface area is 326 Å². The second kappa shape index (κ2) is 14.7. The molecular formula is C46H40IrN4OSi-2. The quantitative estimate of drug-likeness (QED) is 0.128. The maximum Gasteiger partial charge on any atom is 0.216 e. The summed E-state index contributed by atoms with van der Waals surface area (Å²) in [5.74, 6) is 0.221. The van der Waals surface area contributed by atoms with Crippen molar-refractivity contribution in [2.24, 2.45) is 0 Å². The van der Waals surface area contributed by atoms with Gasteiger partial charge in [0.2, 0.25) is 5.71 Å². The van der Waals surface area contributed by atoms with E-state index in [-0.39, 0.29) is 20.1 Å². The van der Waals surface area contributed by atoms with Crippen molar-refractivity contribution in [1.82, 2.24) is 19.5 Å². The number of rotatable bonds is 5. The molecule has 0 aliphatic carbocycles. The molecule has 1 radical (unpaired) electrons. The third-order valence-electron chi connectivity index (χ3n) is 9.53. The Balaban J connectivity index is 0.000000186. The van der Waals surface area contributed by atoms with Gasteiger partial charge in [-0.15, -0.1) is 53.6 Å². The van der Waals surface area contributed by atoms with Gasteiger partial charge in [0.05, 0.1) is 30.5 Å². The van der Waals surface area contributed by atoms with Gasteiger partial charge in [-0.3, -0.25) is 4.98 Å². The van der Waals surface area contributed by atoms with Gasteiger partial charge in [-0.2, -0.15) is 0 Å². The minimum Gasteiger partial charge on any atom is -0.486 e. The van der Waals surface area contributed by atoms with Crippen LogP contribution in [0.2, 0.25) is 19.6 Å². The minimum absolute atomic E-state index is 0. The number of aryl methyl sites for hydroxylation is 1. The third-order valence-corrected chi connectivity index (χ3v) is 11.6. The van der Waals surface area contributed by atoms with Gasteiger partial charge in [0, 0.05) is 49.8 Å². The number of furan rings is 1. The summed E-state index contributed by atoms with van der Waals surface area (Å²) in [7, 11) is -1.29. The average molecular weight is 886 g/mol. The third kappa shape index (κ3) is 7.00. The SMILES string of the molecule is Cc1ccc2c(n1)oc1c(-c3nc4ccccc4n3-c3cccc4ccccc34)[c-]ccc12.[2H]C(C)(C)c1c[c-]c(-c2ccc([Si](C)(C)C)cn2)cc1.[Ir]. The number of nitrogens with zero attached hydrogens (tertiary/aromatic N) is 4. The first-order chi connectivity index (χ1) is 25.5. The van der Waals surface area contributed by atoms with Crippen molar-refractivity contribution in [3.8, 4) is 28.3 Å². The molecule has 4 aromatic heterocycles. The van der Waals surface area contributed by atoms with Crippen LogP contribution in [0.4, 0.5) is 0 Å². The molecule has 265 valence electrons. The molecule has 0 spiro atoms. The largest absolute Gasteiger partial charge is 0.486 e. The molecule has 0 aliphatic rings. The Morgan fingerprint density at radius 2 is 1.57 bits per heavy atom. The number of para-hydroxylation sites is 2. The molecule has 5 nitrogen and oxygen atoms in total. The topological polar surface area (TPSA) is 56.7 Å². The Morgan fingerprint density at radius 1 is 0.774 bits per heavy atom. The molecule has 0 aliphatic heterocycles. The first-order valence-electron chi connectivity index (χ1n) is 18.1. The van der Waals surface area contributed by atoms with Crippen LogP contribution in [0.1, 0.15) is 32.4 Å². The molecule has 9 rings (SSSR count). The molecule has 0 fully saturated rings. The molecular weight excluding hydrogens is 845 g/mol. The zero-order valence-corrected chi connectivity index (χ0v) is 34.0. The van der Waals surface area contributed by atoms with E-state index in [9.17, 15) is 0 Å². The summed E-state index contributed by atoms with van der Waals surface area (Å²) < 4.78 is 16.5. The van der Waals surface area contributed by atoms with Gasteiger partial charge in [-0.25, -0.2) is 4.98 Å². The van der Waals surface area contributed by atoms with Gasteiger partial charge < -0.3 is 14.0 Å². The van der Waals surface area contributed by atoms with E-state index in [4.69, 9.17) is 10.8 Å². The predicted molar refractivity (Wildman–Crippen MR) is 218 cm³/mol. The average Bonchev–Trinajstić information content (AvgIpc) is 3.72. The van der Waals surface area contributed by atoms with Crippen molar-refractivity contribution in [3.63, 3.8) is 0 Å². The molecule has 9 aromatic rings. The molecule has 0 saturated carbocycles. The van der Waals surface area contributed by atoms with Gasteiger partial charge in [0.15, 0.2) is 0 Å². The van der Waals surface area contributed by atoms with Crippen LogP contribution in [0, 0.1) is 19.1 Å². The van der Waals surface area contributed by atoms with Crippen molar-refractivity contribution < 1.29 is 25.9 Å². The normalized spacial score (nSPS) is 12.1. The number of benzene rings is 5. The van der Waals surface area contributed by atoms with E-state index < -0.39 is 14.0 Å². The molecule has 7 heteroatoms. The molecule has 53 heavy (non-hydrogen) atoms. The van der Waals surface area contributed by atoms with Crippen LogP contribution in [-0.4, -0.2) is 27.6 Å². The van der Waals surface area contributed by atoms with E-state index in [0.29, 0.717) is 5.71 Å². The Morgan fingerprint density at radius 3 is 2.32 bits per heavy atom.